The molecule has 4 nitrogen and oxygen atoms in total. The Morgan fingerprint density at radius 2 is 2.10 bits per heavy atom. The molecule has 1 aromatic carbocycles. The van der Waals surface area contributed by atoms with Crippen LogP contribution in [0.25, 0.3) is 0 Å². The van der Waals surface area contributed by atoms with Crippen LogP contribution in [0.5, 0.6) is 0 Å². The molecule has 0 aliphatic rings. The van der Waals surface area contributed by atoms with Crippen LogP contribution in [0.15, 0.2) is 23.4 Å². The van der Waals surface area contributed by atoms with Gasteiger partial charge in [0.05, 0.1) is 0 Å². The minimum Gasteiger partial charge on any atom is -0.309 e. The molecule has 5 heteroatoms. The Bertz CT molecular complexity index is 565. The highest BCUT2D eigenvalue weighted by molar-refractivity contribution is 7.99. The number of aromatic amines is 1. The van der Waals surface area contributed by atoms with E-state index in [0.717, 1.165) is 23.3 Å². The van der Waals surface area contributed by atoms with Crippen LogP contribution in [0.3, 0.4) is 0 Å². The van der Waals surface area contributed by atoms with Crippen LogP contribution >= 0.6 is 11.8 Å². The Labute approximate surface area is 124 Å². The molecule has 0 amide bonds. The summed E-state index contributed by atoms with van der Waals surface area (Å²) in [5, 5.41) is 11.4. The lowest BCUT2D eigenvalue weighted by Crippen LogP contribution is -2.23. The van der Waals surface area contributed by atoms with Crippen molar-refractivity contribution in [3.63, 3.8) is 0 Å². The van der Waals surface area contributed by atoms with Crippen molar-refractivity contribution in [3.05, 3.63) is 40.7 Å². The summed E-state index contributed by atoms with van der Waals surface area (Å²) in [5.41, 5.74) is 4.00. The van der Waals surface area contributed by atoms with Gasteiger partial charge in [0, 0.05) is 11.8 Å². The molecule has 0 bridgehead atoms. The fourth-order valence-electron chi connectivity index (χ4n) is 2.27. The molecule has 0 saturated heterocycles. The van der Waals surface area contributed by atoms with Crippen LogP contribution in [0.2, 0.25) is 0 Å². The number of aryl methyl sites for hydroxylation is 3. The number of rotatable bonds is 6. The average molecular weight is 290 g/mol. The molecule has 0 spiro atoms. The first-order valence-corrected chi connectivity index (χ1v) is 7.91. The van der Waals surface area contributed by atoms with Gasteiger partial charge in [0.25, 0.3) is 0 Å². The Kier molecular flexibility index (Phi) is 5.20. The molecule has 2 rings (SSSR count). The molecule has 0 radical (unpaired) electrons. The SMILES string of the molecule is CCNC(CSc1n[nH]c(C)n1)c1ccc(C)cc1C. The Balaban J connectivity index is 2.09. The van der Waals surface area contributed by atoms with Gasteiger partial charge in [-0.1, -0.05) is 42.4 Å². The maximum Gasteiger partial charge on any atom is 0.208 e. The van der Waals surface area contributed by atoms with E-state index in [1.54, 1.807) is 11.8 Å². The third kappa shape index (κ3) is 3.84. The van der Waals surface area contributed by atoms with Crippen LogP contribution in [0, 0.1) is 20.8 Å². The molecule has 1 unspecified atom stereocenters. The highest BCUT2D eigenvalue weighted by atomic mass is 32.2. The van der Waals surface area contributed by atoms with Gasteiger partial charge >= 0.3 is 0 Å². The number of benzene rings is 1. The Hall–Kier alpha value is -1.33. The molecule has 0 aliphatic heterocycles. The molecule has 108 valence electrons. The lowest BCUT2D eigenvalue weighted by molar-refractivity contribution is 0.602. The zero-order chi connectivity index (χ0) is 14.5. The first-order chi connectivity index (χ1) is 9.60. The number of aromatic nitrogens is 3. The normalized spacial score (nSPS) is 12.6. The standard InChI is InChI=1S/C15H22N4S/c1-5-16-14(9-20-15-17-12(4)18-19-15)13-7-6-10(2)8-11(13)3/h6-8,14,16H,5,9H2,1-4H3,(H,17,18,19). The van der Waals surface area contributed by atoms with E-state index in [1.165, 1.54) is 16.7 Å². The van der Waals surface area contributed by atoms with Crippen molar-refractivity contribution in [3.8, 4) is 0 Å². The molecule has 1 atom stereocenters. The van der Waals surface area contributed by atoms with Crippen LogP contribution in [-0.2, 0) is 0 Å². The van der Waals surface area contributed by atoms with Gasteiger partial charge in [0.1, 0.15) is 5.82 Å². The van der Waals surface area contributed by atoms with E-state index in [-0.39, 0.29) is 0 Å². The topological polar surface area (TPSA) is 53.6 Å². The van der Waals surface area contributed by atoms with Crippen LogP contribution in [0.1, 0.15) is 35.5 Å². The molecule has 20 heavy (non-hydrogen) atoms. The number of nitrogens with one attached hydrogen (secondary N) is 2. The quantitative estimate of drug-likeness (QED) is 0.802. The van der Waals surface area contributed by atoms with Crippen LogP contribution in [0.4, 0.5) is 0 Å². The first kappa shape index (κ1) is 15.1. The zero-order valence-electron chi connectivity index (χ0n) is 12.5. The Morgan fingerprint density at radius 3 is 2.70 bits per heavy atom. The van der Waals surface area contributed by atoms with Gasteiger partial charge in [-0.05, 0) is 38.4 Å². The van der Waals surface area contributed by atoms with Crippen molar-refractivity contribution in [1.29, 1.82) is 0 Å². The lowest BCUT2D eigenvalue weighted by atomic mass is 10.0. The summed E-state index contributed by atoms with van der Waals surface area (Å²) < 4.78 is 0. The third-order valence-corrected chi connectivity index (χ3v) is 4.15. The fraction of sp³-hybridized carbons (Fsp3) is 0.467. The maximum absolute atomic E-state index is 4.34. The van der Waals surface area contributed by atoms with Crippen LogP contribution < -0.4 is 5.32 Å². The molecule has 2 N–H and O–H groups in total. The molecule has 0 aliphatic carbocycles. The molecule has 1 heterocycles. The highest BCUT2D eigenvalue weighted by Gasteiger charge is 2.14. The Morgan fingerprint density at radius 1 is 1.30 bits per heavy atom. The summed E-state index contributed by atoms with van der Waals surface area (Å²) in [6, 6.07) is 6.96. The van der Waals surface area contributed by atoms with Gasteiger partial charge < -0.3 is 5.32 Å². The first-order valence-electron chi connectivity index (χ1n) is 6.92. The number of thioether (sulfide) groups is 1. The minimum absolute atomic E-state index is 0.324. The van der Waals surface area contributed by atoms with Crippen molar-refractivity contribution < 1.29 is 0 Å². The van der Waals surface area contributed by atoms with Gasteiger partial charge in [-0.25, -0.2) is 4.98 Å². The summed E-state index contributed by atoms with van der Waals surface area (Å²) in [7, 11) is 0. The molecule has 2 aromatic rings. The van der Waals surface area contributed by atoms with Gasteiger partial charge in [0.15, 0.2) is 0 Å². The molecule has 1 aromatic heterocycles. The lowest BCUT2D eigenvalue weighted by Gasteiger charge is -2.19. The van der Waals surface area contributed by atoms with E-state index in [4.69, 9.17) is 0 Å². The van der Waals surface area contributed by atoms with Crippen molar-refractivity contribution in [2.24, 2.45) is 0 Å². The van der Waals surface area contributed by atoms with Gasteiger partial charge in [-0.15, -0.1) is 5.10 Å². The zero-order valence-corrected chi connectivity index (χ0v) is 13.3. The molecule has 0 fully saturated rings. The summed E-state index contributed by atoms with van der Waals surface area (Å²) in [6.07, 6.45) is 0. The van der Waals surface area contributed by atoms with E-state index >= 15 is 0 Å². The summed E-state index contributed by atoms with van der Waals surface area (Å²) in [5.74, 6) is 1.79. The van der Waals surface area contributed by atoms with Crippen molar-refractivity contribution >= 4 is 11.8 Å². The summed E-state index contributed by atoms with van der Waals surface area (Å²) >= 11 is 1.68. The van der Waals surface area contributed by atoms with Gasteiger partial charge in [-0.3, -0.25) is 5.10 Å². The van der Waals surface area contributed by atoms with E-state index in [9.17, 15) is 0 Å². The fourth-order valence-corrected chi connectivity index (χ4v) is 3.19. The smallest absolute Gasteiger partial charge is 0.208 e. The number of hydrogen-bond acceptors (Lipinski definition) is 4. The summed E-state index contributed by atoms with van der Waals surface area (Å²) in [6.45, 7) is 9.31. The van der Waals surface area contributed by atoms with Crippen molar-refractivity contribution in [2.45, 2.75) is 38.9 Å². The second-order valence-electron chi connectivity index (χ2n) is 4.98. The summed E-state index contributed by atoms with van der Waals surface area (Å²) in [4.78, 5) is 4.34. The second kappa shape index (κ2) is 6.90. The van der Waals surface area contributed by atoms with Crippen molar-refractivity contribution in [1.82, 2.24) is 20.5 Å². The predicted octanol–water partition coefficient (Wildman–Crippen LogP) is 3.17. The van der Waals surface area contributed by atoms with Gasteiger partial charge in [0.2, 0.25) is 5.16 Å². The number of nitrogens with zero attached hydrogens (tertiary/aromatic N) is 2. The van der Waals surface area contributed by atoms with E-state index in [0.29, 0.717) is 6.04 Å². The van der Waals surface area contributed by atoms with E-state index < -0.39 is 0 Å². The number of hydrogen-bond donors (Lipinski definition) is 2. The second-order valence-corrected chi connectivity index (χ2v) is 5.97. The van der Waals surface area contributed by atoms with E-state index in [2.05, 4.69) is 59.5 Å². The van der Waals surface area contributed by atoms with E-state index in [1.807, 2.05) is 6.92 Å². The molecular weight excluding hydrogens is 268 g/mol. The highest BCUT2D eigenvalue weighted by Crippen LogP contribution is 2.25. The van der Waals surface area contributed by atoms with Crippen molar-refractivity contribution in [2.75, 3.05) is 12.3 Å². The number of H-pyrrole nitrogens is 1. The largest absolute Gasteiger partial charge is 0.309 e. The third-order valence-electron chi connectivity index (χ3n) is 3.21. The van der Waals surface area contributed by atoms with Gasteiger partial charge in [-0.2, -0.15) is 0 Å². The predicted molar refractivity (Wildman–Crippen MR) is 84.2 cm³/mol. The minimum atomic E-state index is 0.324. The monoisotopic (exact) mass is 290 g/mol. The van der Waals surface area contributed by atoms with Crippen LogP contribution in [-0.4, -0.2) is 27.5 Å². The maximum atomic E-state index is 4.34. The average Bonchev–Trinajstić information content (AvgIpc) is 2.81. The molecular formula is C15H22N4S. The molecule has 0 saturated carbocycles.